The van der Waals surface area contributed by atoms with E-state index in [9.17, 15) is 0 Å². The van der Waals surface area contributed by atoms with Crippen LogP contribution in [0, 0.1) is 5.41 Å². The highest BCUT2D eigenvalue weighted by Crippen LogP contribution is 2.38. The minimum Gasteiger partial charge on any atom is -0.501 e. The van der Waals surface area contributed by atoms with Gasteiger partial charge in [-0.3, -0.25) is 0 Å². The fourth-order valence-electron chi connectivity index (χ4n) is 1.47. The third-order valence-electron chi connectivity index (χ3n) is 2.56. The Balaban J connectivity index is 2.33. The van der Waals surface area contributed by atoms with Crippen molar-refractivity contribution in [2.24, 2.45) is 5.41 Å². The Morgan fingerprint density at radius 1 is 1.58 bits per heavy atom. The molecule has 1 heterocycles. The monoisotopic (exact) mass is 186 g/mol. The number of rotatable bonds is 4. The maximum atomic E-state index is 5.47. The van der Waals surface area contributed by atoms with Crippen molar-refractivity contribution >= 4 is 11.8 Å². The molecule has 0 N–H and O–H groups in total. The summed E-state index contributed by atoms with van der Waals surface area (Å²) >= 11 is 2.06. The Bertz CT molecular complexity index is 148. The van der Waals surface area contributed by atoms with E-state index < -0.39 is 0 Å². The zero-order chi connectivity index (χ0) is 8.86. The predicted molar refractivity (Wildman–Crippen MR) is 55.4 cm³/mol. The lowest BCUT2D eigenvalue weighted by molar-refractivity contribution is 0.124. The summed E-state index contributed by atoms with van der Waals surface area (Å²) in [5.74, 6) is 2.59. The first kappa shape index (κ1) is 9.97. The molecule has 1 aliphatic heterocycles. The summed E-state index contributed by atoms with van der Waals surface area (Å²) in [5, 5.41) is 0. The van der Waals surface area contributed by atoms with Gasteiger partial charge in [-0.25, -0.2) is 0 Å². The van der Waals surface area contributed by atoms with Crippen LogP contribution in [0.5, 0.6) is 0 Å². The van der Waals surface area contributed by atoms with Crippen molar-refractivity contribution in [2.75, 3.05) is 18.1 Å². The Kier molecular flexibility index (Phi) is 3.99. The third kappa shape index (κ3) is 2.44. The van der Waals surface area contributed by atoms with Crippen LogP contribution >= 0.6 is 11.8 Å². The molecular weight excluding hydrogens is 168 g/mol. The second-order valence-corrected chi connectivity index (χ2v) is 4.54. The Morgan fingerprint density at radius 2 is 2.42 bits per heavy atom. The average molecular weight is 186 g/mol. The molecule has 1 atom stereocenters. The van der Waals surface area contributed by atoms with Gasteiger partial charge in [0.15, 0.2) is 0 Å². The highest BCUT2D eigenvalue weighted by Gasteiger charge is 2.32. The molecule has 1 rings (SSSR count). The van der Waals surface area contributed by atoms with Gasteiger partial charge >= 0.3 is 0 Å². The number of hydrogen-bond donors (Lipinski definition) is 0. The molecule has 0 saturated carbocycles. The molecule has 0 aromatic carbocycles. The minimum atomic E-state index is 0.476. The molecule has 0 aliphatic carbocycles. The molecule has 1 fully saturated rings. The first-order valence-electron chi connectivity index (χ1n) is 4.63. The van der Waals surface area contributed by atoms with Crippen molar-refractivity contribution in [2.45, 2.75) is 26.7 Å². The van der Waals surface area contributed by atoms with Crippen LogP contribution in [-0.4, -0.2) is 18.1 Å². The van der Waals surface area contributed by atoms with E-state index in [1.165, 1.54) is 24.3 Å². The van der Waals surface area contributed by atoms with Crippen LogP contribution in [0.3, 0.4) is 0 Å². The van der Waals surface area contributed by atoms with Crippen LogP contribution in [0.15, 0.2) is 12.3 Å². The highest BCUT2D eigenvalue weighted by atomic mass is 32.2. The largest absolute Gasteiger partial charge is 0.501 e. The summed E-state index contributed by atoms with van der Waals surface area (Å²) < 4.78 is 5.47. The molecule has 0 amide bonds. The first-order chi connectivity index (χ1) is 5.83. The Labute approximate surface area is 79.6 Å². The zero-order valence-electron chi connectivity index (χ0n) is 8.01. The van der Waals surface area contributed by atoms with Gasteiger partial charge in [-0.2, -0.15) is 11.8 Å². The third-order valence-corrected chi connectivity index (χ3v) is 3.87. The highest BCUT2D eigenvalue weighted by molar-refractivity contribution is 7.99. The van der Waals surface area contributed by atoms with Gasteiger partial charge < -0.3 is 4.74 Å². The lowest BCUT2D eigenvalue weighted by Gasteiger charge is -2.25. The molecule has 12 heavy (non-hydrogen) atoms. The summed E-state index contributed by atoms with van der Waals surface area (Å²) in [5.41, 5.74) is 0.476. The van der Waals surface area contributed by atoms with E-state index in [0.29, 0.717) is 5.41 Å². The molecule has 70 valence electrons. The van der Waals surface area contributed by atoms with Gasteiger partial charge in [0, 0.05) is 11.2 Å². The van der Waals surface area contributed by atoms with Crippen LogP contribution < -0.4 is 0 Å². The molecular formula is C10H18OS. The molecule has 0 spiro atoms. The van der Waals surface area contributed by atoms with Crippen molar-refractivity contribution in [1.82, 2.24) is 0 Å². The maximum absolute atomic E-state index is 5.47. The van der Waals surface area contributed by atoms with Gasteiger partial charge in [-0.15, -0.1) is 0 Å². The summed E-state index contributed by atoms with van der Waals surface area (Å²) in [7, 11) is 0. The lowest BCUT2D eigenvalue weighted by Crippen LogP contribution is -2.24. The van der Waals surface area contributed by atoms with Gasteiger partial charge in [0.1, 0.15) is 0 Å². The number of thioether (sulfide) groups is 1. The van der Waals surface area contributed by atoms with Crippen LogP contribution in [-0.2, 0) is 4.74 Å². The molecule has 0 aromatic heterocycles. The van der Waals surface area contributed by atoms with E-state index >= 15 is 0 Å². The molecule has 1 aliphatic rings. The molecule has 2 heteroatoms. The molecule has 1 nitrogen and oxygen atoms in total. The van der Waals surface area contributed by atoms with E-state index in [0.717, 1.165) is 6.61 Å². The summed E-state index contributed by atoms with van der Waals surface area (Å²) in [6.07, 6.45) is 6.33. The Hall–Kier alpha value is -0.110. The maximum Gasteiger partial charge on any atom is 0.0937 e. The van der Waals surface area contributed by atoms with E-state index in [4.69, 9.17) is 4.74 Å². The van der Waals surface area contributed by atoms with Crippen molar-refractivity contribution in [3.05, 3.63) is 12.3 Å². The van der Waals surface area contributed by atoms with Gasteiger partial charge in [-0.05, 0) is 25.5 Å². The van der Waals surface area contributed by atoms with Crippen molar-refractivity contribution in [3.8, 4) is 0 Å². The second kappa shape index (κ2) is 4.80. The quantitative estimate of drug-likeness (QED) is 0.624. The molecule has 0 bridgehead atoms. The van der Waals surface area contributed by atoms with E-state index in [1.807, 2.05) is 13.0 Å². The molecule has 1 unspecified atom stereocenters. The second-order valence-electron chi connectivity index (χ2n) is 3.44. The van der Waals surface area contributed by atoms with E-state index in [-0.39, 0.29) is 0 Å². The van der Waals surface area contributed by atoms with Crippen LogP contribution in [0.4, 0.5) is 0 Å². The molecule has 0 radical (unpaired) electrons. The van der Waals surface area contributed by atoms with Gasteiger partial charge in [-0.1, -0.05) is 13.0 Å². The summed E-state index contributed by atoms with van der Waals surface area (Å²) in [4.78, 5) is 0. The molecule has 0 aromatic rings. The SMILES string of the molecule is C/C=C/OCC1(CC)CCSC1. The van der Waals surface area contributed by atoms with Crippen LogP contribution in [0.2, 0.25) is 0 Å². The van der Waals surface area contributed by atoms with Crippen LogP contribution in [0.1, 0.15) is 26.7 Å². The Morgan fingerprint density at radius 3 is 2.92 bits per heavy atom. The standard InChI is InChI=1S/C10H18OS/c1-3-6-11-8-10(4-2)5-7-12-9-10/h3,6H,4-5,7-9H2,1-2H3/b6-3+. The summed E-state index contributed by atoms with van der Waals surface area (Å²) in [6.45, 7) is 5.16. The van der Waals surface area contributed by atoms with E-state index in [2.05, 4.69) is 18.7 Å². The normalized spacial score (nSPS) is 29.8. The van der Waals surface area contributed by atoms with Gasteiger partial charge in [0.05, 0.1) is 12.9 Å². The van der Waals surface area contributed by atoms with Gasteiger partial charge in [0.2, 0.25) is 0 Å². The number of hydrogen-bond acceptors (Lipinski definition) is 2. The van der Waals surface area contributed by atoms with Crippen LogP contribution in [0.25, 0.3) is 0 Å². The molecule has 1 saturated heterocycles. The number of allylic oxidation sites excluding steroid dienone is 1. The smallest absolute Gasteiger partial charge is 0.0937 e. The fraction of sp³-hybridized carbons (Fsp3) is 0.800. The van der Waals surface area contributed by atoms with Gasteiger partial charge in [0.25, 0.3) is 0 Å². The number of ether oxygens (including phenoxy) is 1. The fourth-order valence-corrected chi connectivity index (χ4v) is 3.05. The first-order valence-corrected chi connectivity index (χ1v) is 5.79. The average Bonchev–Trinajstić information content (AvgIpc) is 2.55. The zero-order valence-corrected chi connectivity index (χ0v) is 8.82. The van der Waals surface area contributed by atoms with Crippen molar-refractivity contribution in [3.63, 3.8) is 0 Å². The predicted octanol–water partition coefficient (Wildman–Crippen LogP) is 3.07. The van der Waals surface area contributed by atoms with Crippen molar-refractivity contribution in [1.29, 1.82) is 0 Å². The summed E-state index contributed by atoms with van der Waals surface area (Å²) in [6, 6.07) is 0. The van der Waals surface area contributed by atoms with E-state index in [1.54, 1.807) is 6.26 Å². The topological polar surface area (TPSA) is 9.23 Å². The minimum absolute atomic E-state index is 0.476. The van der Waals surface area contributed by atoms with Crippen molar-refractivity contribution < 1.29 is 4.74 Å². The lowest BCUT2D eigenvalue weighted by atomic mass is 9.86.